The second kappa shape index (κ2) is 2.95. The highest BCUT2D eigenvalue weighted by Gasteiger charge is 2.33. The van der Waals surface area contributed by atoms with Crippen LogP contribution in [0.1, 0.15) is 6.42 Å². The van der Waals surface area contributed by atoms with Crippen molar-refractivity contribution in [2.24, 2.45) is 17.8 Å². The number of rotatable bonds is 1. The summed E-state index contributed by atoms with van der Waals surface area (Å²) in [5, 5.41) is 12.4. The predicted octanol–water partition coefficient (Wildman–Crippen LogP) is 0.390. The zero-order valence-corrected chi connectivity index (χ0v) is 6.66. The van der Waals surface area contributed by atoms with Crippen LogP contribution in [-0.4, -0.2) is 24.8 Å². The first-order valence-corrected chi connectivity index (χ1v) is 4.40. The Morgan fingerprint density at radius 1 is 1.45 bits per heavy atom. The number of fused-ring (bicyclic) bond motifs is 1. The van der Waals surface area contributed by atoms with Crippen LogP contribution >= 0.6 is 0 Å². The molecule has 2 rings (SSSR count). The van der Waals surface area contributed by atoms with Crippen molar-refractivity contribution in [3.05, 3.63) is 12.2 Å². The molecule has 11 heavy (non-hydrogen) atoms. The number of hydrogen-bond donors (Lipinski definition) is 2. The largest absolute Gasteiger partial charge is 0.396 e. The van der Waals surface area contributed by atoms with Crippen molar-refractivity contribution in [2.75, 3.05) is 19.7 Å². The van der Waals surface area contributed by atoms with Crippen LogP contribution in [0, 0.1) is 17.8 Å². The van der Waals surface area contributed by atoms with Crippen LogP contribution in [0.5, 0.6) is 0 Å². The van der Waals surface area contributed by atoms with Gasteiger partial charge in [-0.15, -0.1) is 0 Å². The number of hydrogen-bond acceptors (Lipinski definition) is 2. The topological polar surface area (TPSA) is 32.3 Å². The molecule has 2 nitrogen and oxygen atoms in total. The summed E-state index contributed by atoms with van der Waals surface area (Å²) in [6.07, 6.45) is 5.59. The van der Waals surface area contributed by atoms with Gasteiger partial charge in [0.15, 0.2) is 0 Å². The summed E-state index contributed by atoms with van der Waals surface area (Å²) < 4.78 is 0. The Morgan fingerprint density at radius 3 is 3.18 bits per heavy atom. The highest BCUT2D eigenvalue weighted by atomic mass is 16.3. The zero-order chi connectivity index (χ0) is 7.68. The Balaban J connectivity index is 2.09. The lowest BCUT2D eigenvalue weighted by Crippen LogP contribution is -2.26. The molecule has 1 aliphatic heterocycles. The number of aliphatic hydroxyl groups excluding tert-OH is 1. The number of nitrogens with one attached hydrogen (secondary N) is 1. The van der Waals surface area contributed by atoms with E-state index in [2.05, 4.69) is 17.5 Å². The molecule has 0 amide bonds. The minimum Gasteiger partial charge on any atom is -0.396 e. The van der Waals surface area contributed by atoms with E-state index in [4.69, 9.17) is 5.11 Å². The fraction of sp³-hybridized carbons (Fsp3) is 0.778. The second-order valence-electron chi connectivity index (χ2n) is 3.59. The van der Waals surface area contributed by atoms with Gasteiger partial charge in [0.05, 0.1) is 0 Å². The Morgan fingerprint density at radius 2 is 2.36 bits per heavy atom. The fourth-order valence-corrected chi connectivity index (χ4v) is 2.26. The standard InChI is InChI=1S/C9H15NO/c11-6-8-3-1-2-7-4-10-5-9(7)8/h1-2,7-11H,3-6H2. The molecule has 1 fully saturated rings. The van der Waals surface area contributed by atoms with E-state index >= 15 is 0 Å². The predicted molar refractivity (Wildman–Crippen MR) is 44.2 cm³/mol. The van der Waals surface area contributed by atoms with Crippen molar-refractivity contribution in [2.45, 2.75) is 6.42 Å². The lowest BCUT2D eigenvalue weighted by atomic mass is 9.78. The van der Waals surface area contributed by atoms with Crippen LogP contribution < -0.4 is 5.32 Å². The average molecular weight is 153 g/mol. The van der Waals surface area contributed by atoms with Gasteiger partial charge in [0.1, 0.15) is 0 Å². The van der Waals surface area contributed by atoms with Gasteiger partial charge in [-0.1, -0.05) is 12.2 Å². The van der Waals surface area contributed by atoms with E-state index in [1.165, 1.54) is 0 Å². The molecule has 0 spiro atoms. The summed E-state index contributed by atoms with van der Waals surface area (Å²) >= 11 is 0. The molecule has 0 saturated carbocycles. The van der Waals surface area contributed by atoms with Gasteiger partial charge in [-0.3, -0.25) is 0 Å². The van der Waals surface area contributed by atoms with Crippen LogP contribution in [0.2, 0.25) is 0 Å². The van der Waals surface area contributed by atoms with Gasteiger partial charge < -0.3 is 10.4 Å². The maximum atomic E-state index is 9.08. The molecule has 0 radical (unpaired) electrons. The smallest absolute Gasteiger partial charge is 0.0465 e. The summed E-state index contributed by atoms with van der Waals surface area (Å²) in [5.74, 6) is 1.91. The van der Waals surface area contributed by atoms with Crippen molar-refractivity contribution in [1.82, 2.24) is 5.32 Å². The first-order valence-electron chi connectivity index (χ1n) is 4.40. The van der Waals surface area contributed by atoms with E-state index in [1.807, 2.05) is 0 Å². The summed E-state index contributed by atoms with van der Waals surface area (Å²) in [4.78, 5) is 0. The van der Waals surface area contributed by atoms with Crippen LogP contribution in [0.25, 0.3) is 0 Å². The first-order chi connectivity index (χ1) is 5.42. The third-order valence-corrected chi connectivity index (χ3v) is 2.97. The summed E-state index contributed by atoms with van der Waals surface area (Å²) in [6, 6.07) is 0. The van der Waals surface area contributed by atoms with E-state index in [1.54, 1.807) is 0 Å². The Hall–Kier alpha value is -0.340. The van der Waals surface area contributed by atoms with E-state index in [9.17, 15) is 0 Å². The molecule has 0 aromatic carbocycles. The van der Waals surface area contributed by atoms with Crippen molar-refractivity contribution in [1.29, 1.82) is 0 Å². The maximum absolute atomic E-state index is 9.08. The van der Waals surface area contributed by atoms with Crippen LogP contribution in [-0.2, 0) is 0 Å². The molecule has 1 heterocycles. The van der Waals surface area contributed by atoms with E-state index in [0.29, 0.717) is 24.4 Å². The summed E-state index contributed by atoms with van der Waals surface area (Å²) in [7, 11) is 0. The number of aliphatic hydroxyl groups is 1. The fourth-order valence-electron chi connectivity index (χ4n) is 2.26. The first kappa shape index (κ1) is 7.32. The van der Waals surface area contributed by atoms with Crippen LogP contribution in [0.15, 0.2) is 12.2 Å². The van der Waals surface area contributed by atoms with E-state index in [0.717, 1.165) is 19.5 Å². The zero-order valence-electron chi connectivity index (χ0n) is 6.66. The van der Waals surface area contributed by atoms with Gasteiger partial charge in [0.2, 0.25) is 0 Å². The van der Waals surface area contributed by atoms with Gasteiger partial charge in [0.25, 0.3) is 0 Å². The molecule has 1 aliphatic carbocycles. The molecular formula is C9H15NO. The lowest BCUT2D eigenvalue weighted by Gasteiger charge is -2.27. The van der Waals surface area contributed by atoms with Gasteiger partial charge in [-0.2, -0.15) is 0 Å². The molecule has 0 aromatic heterocycles. The Bertz CT molecular complexity index is 167. The average Bonchev–Trinajstić information content (AvgIpc) is 2.50. The quantitative estimate of drug-likeness (QED) is 0.534. The Labute approximate surface area is 67.3 Å². The van der Waals surface area contributed by atoms with Crippen molar-refractivity contribution >= 4 is 0 Å². The van der Waals surface area contributed by atoms with E-state index < -0.39 is 0 Å². The summed E-state index contributed by atoms with van der Waals surface area (Å²) in [6.45, 7) is 2.56. The normalized spacial score (nSPS) is 42.5. The molecule has 1 saturated heterocycles. The molecule has 2 N–H and O–H groups in total. The molecular weight excluding hydrogens is 138 g/mol. The third-order valence-electron chi connectivity index (χ3n) is 2.97. The lowest BCUT2D eigenvalue weighted by molar-refractivity contribution is 0.164. The molecule has 3 atom stereocenters. The van der Waals surface area contributed by atoms with Crippen LogP contribution in [0.4, 0.5) is 0 Å². The van der Waals surface area contributed by atoms with Crippen molar-refractivity contribution in [3.63, 3.8) is 0 Å². The second-order valence-corrected chi connectivity index (χ2v) is 3.59. The summed E-state index contributed by atoms with van der Waals surface area (Å²) in [5.41, 5.74) is 0. The highest BCUT2D eigenvalue weighted by molar-refractivity contribution is 5.04. The van der Waals surface area contributed by atoms with Crippen molar-refractivity contribution in [3.8, 4) is 0 Å². The van der Waals surface area contributed by atoms with E-state index in [-0.39, 0.29) is 0 Å². The Kier molecular flexibility index (Phi) is 1.96. The molecule has 2 heteroatoms. The van der Waals surface area contributed by atoms with Crippen LogP contribution in [0.3, 0.4) is 0 Å². The molecule has 2 aliphatic rings. The minimum absolute atomic E-state index is 0.354. The van der Waals surface area contributed by atoms with Crippen molar-refractivity contribution < 1.29 is 5.11 Å². The molecule has 0 aromatic rings. The van der Waals surface area contributed by atoms with Gasteiger partial charge in [-0.25, -0.2) is 0 Å². The molecule has 62 valence electrons. The maximum Gasteiger partial charge on any atom is 0.0465 e. The van der Waals surface area contributed by atoms with Gasteiger partial charge in [-0.05, 0) is 30.7 Å². The molecule has 3 unspecified atom stereocenters. The highest BCUT2D eigenvalue weighted by Crippen LogP contribution is 2.32. The van der Waals surface area contributed by atoms with Gasteiger partial charge >= 0.3 is 0 Å². The minimum atomic E-state index is 0.354. The molecule has 0 bridgehead atoms. The third kappa shape index (κ3) is 1.21. The van der Waals surface area contributed by atoms with Gasteiger partial charge in [0, 0.05) is 13.2 Å². The number of allylic oxidation sites excluding steroid dienone is 1. The SMILES string of the molecule is OCC1CC=CC2CNCC21. The monoisotopic (exact) mass is 153 g/mol.